The van der Waals surface area contributed by atoms with Crippen LogP contribution in [0.1, 0.15) is 16.7 Å². The molecule has 0 aliphatic rings. The van der Waals surface area contributed by atoms with Crippen molar-refractivity contribution in [2.24, 2.45) is 0 Å². The Balaban J connectivity index is 3.00. The molecule has 0 saturated heterocycles. The van der Waals surface area contributed by atoms with Crippen LogP contribution in [0.3, 0.4) is 0 Å². The fraction of sp³-hybridized carbons (Fsp3) is 0.500. The van der Waals surface area contributed by atoms with Crippen molar-refractivity contribution in [1.29, 1.82) is 0 Å². The molecule has 0 amide bonds. The van der Waals surface area contributed by atoms with Gasteiger partial charge in [-0.25, -0.2) is 0 Å². The summed E-state index contributed by atoms with van der Waals surface area (Å²) < 4.78 is 5.34. The Bertz CT molecular complexity index is 367. The number of hydrogen-bond acceptors (Lipinski definition) is 3. The number of aryl methyl sites for hydroxylation is 1. The molecule has 0 aromatic heterocycles. The van der Waals surface area contributed by atoms with E-state index in [9.17, 15) is 0 Å². The molecule has 90 valence electrons. The second kappa shape index (κ2) is 6.09. The summed E-state index contributed by atoms with van der Waals surface area (Å²) in [5.41, 5.74) is 3.17. The number of benzene rings is 1. The van der Waals surface area contributed by atoms with Crippen LogP contribution in [0.4, 0.5) is 0 Å². The fourth-order valence-corrected chi connectivity index (χ4v) is 1.91. The summed E-state index contributed by atoms with van der Waals surface area (Å²) in [6.07, 6.45) is 0.787. The zero-order valence-electron chi connectivity index (χ0n) is 9.93. The average Bonchev–Trinajstić information content (AvgIpc) is 2.29. The molecule has 3 nitrogen and oxygen atoms in total. The van der Waals surface area contributed by atoms with Crippen molar-refractivity contribution in [3.05, 3.63) is 27.8 Å². The number of methoxy groups -OCH3 is 1. The summed E-state index contributed by atoms with van der Waals surface area (Å²) in [4.78, 5) is 0. The third-order valence-electron chi connectivity index (χ3n) is 2.66. The zero-order chi connectivity index (χ0) is 12.1. The zero-order valence-corrected chi connectivity index (χ0v) is 10.7. The van der Waals surface area contributed by atoms with Crippen LogP contribution < -0.4 is 10.1 Å². The molecule has 4 heteroatoms. The molecule has 1 aromatic rings. The van der Waals surface area contributed by atoms with Gasteiger partial charge in [0, 0.05) is 11.6 Å². The lowest BCUT2D eigenvalue weighted by molar-refractivity contribution is 0.261. The summed E-state index contributed by atoms with van der Waals surface area (Å²) in [5.74, 6) is 0.860. The first kappa shape index (κ1) is 13.3. The van der Waals surface area contributed by atoms with Gasteiger partial charge < -0.3 is 9.84 Å². The minimum Gasteiger partial charge on any atom is -0.496 e. The standard InChI is InChI=1S/C12H18ClNO2/c1-8-6-11(16-3)10(4-5-14-7-15)9(2)12(8)13/h6,14-15H,4-5,7H2,1-3H3. The number of aliphatic hydroxyl groups excluding tert-OH is 1. The normalized spacial score (nSPS) is 10.6. The first-order valence-corrected chi connectivity index (χ1v) is 5.63. The van der Waals surface area contributed by atoms with Crippen LogP contribution in [0.2, 0.25) is 5.02 Å². The summed E-state index contributed by atoms with van der Waals surface area (Å²) in [5, 5.41) is 12.3. The molecular weight excluding hydrogens is 226 g/mol. The molecule has 1 aromatic carbocycles. The lowest BCUT2D eigenvalue weighted by atomic mass is 10.0. The topological polar surface area (TPSA) is 41.5 Å². The third kappa shape index (κ3) is 2.88. The lowest BCUT2D eigenvalue weighted by Crippen LogP contribution is -2.18. The molecule has 0 aliphatic carbocycles. The van der Waals surface area contributed by atoms with Crippen molar-refractivity contribution in [3.8, 4) is 5.75 Å². The van der Waals surface area contributed by atoms with Crippen LogP contribution in [-0.4, -0.2) is 25.5 Å². The molecule has 0 radical (unpaired) electrons. The van der Waals surface area contributed by atoms with Gasteiger partial charge in [0.05, 0.1) is 13.8 Å². The van der Waals surface area contributed by atoms with E-state index in [4.69, 9.17) is 21.4 Å². The van der Waals surface area contributed by atoms with E-state index in [2.05, 4.69) is 5.32 Å². The highest BCUT2D eigenvalue weighted by atomic mass is 35.5. The van der Waals surface area contributed by atoms with Crippen molar-refractivity contribution in [2.75, 3.05) is 20.4 Å². The molecular formula is C12H18ClNO2. The summed E-state index contributed by atoms with van der Waals surface area (Å²) in [6, 6.07) is 1.95. The molecule has 0 atom stereocenters. The number of rotatable bonds is 5. The highest BCUT2D eigenvalue weighted by Crippen LogP contribution is 2.31. The highest BCUT2D eigenvalue weighted by Gasteiger charge is 2.11. The number of aliphatic hydroxyl groups is 1. The Morgan fingerprint density at radius 1 is 1.44 bits per heavy atom. The number of nitrogens with one attached hydrogen (secondary N) is 1. The van der Waals surface area contributed by atoms with E-state index < -0.39 is 0 Å². The van der Waals surface area contributed by atoms with Gasteiger partial charge in [0.1, 0.15) is 5.75 Å². The van der Waals surface area contributed by atoms with Crippen molar-refractivity contribution >= 4 is 11.6 Å². The summed E-state index contributed by atoms with van der Waals surface area (Å²) in [6.45, 7) is 4.65. The molecule has 2 N–H and O–H groups in total. The van der Waals surface area contributed by atoms with Crippen LogP contribution in [-0.2, 0) is 6.42 Å². The molecule has 16 heavy (non-hydrogen) atoms. The van der Waals surface area contributed by atoms with E-state index in [1.54, 1.807) is 7.11 Å². The minimum absolute atomic E-state index is 0.0129. The quantitative estimate of drug-likeness (QED) is 0.614. The maximum Gasteiger partial charge on any atom is 0.122 e. The first-order valence-electron chi connectivity index (χ1n) is 5.26. The van der Waals surface area contributed by atoms with Gasteiger partial charge in [-0.3, -0.25) is 5.32 Å². The predicted octanol–water partition coefficient (Wildman–Crippen LogP) is 2.05. The molecule has 0 saturated carbocycles. The molecule has 0 unspecified atom stereocenters. The Morgan fingerprint density at radius 2 is 2.12 bits per heavy atom. The van der Waals surface area contributed by atoms with E-state index >= 15 is 0 Å². The Kier molecular flexibility index (Phi) is 5.06. The summed E-state index contributed by atoms with van der Waals surface area (Å²) >= 11 is 6.20. The van der Waals surface area contributed by atoms with Gasteiger partial charge in [-0.2, -0.15) is 0 Å². The number of hydrogen-bond donors (Lipinski definition) is 2. The van der Waals surface area contributed by atoms with E-state index in [-0.39, 0.29) is 6.73 Å². The van der Waals surface area contributed by atoms with Gasteiger partial charge in [0.15, 0.2) is 0 Å². The molecule has 0 fully saturated rings. The smallest absolute Gasteiger partial charge is 0.122 e. The Morgan fingerprint density at radius 3 is 2.69 bits per heavy atom. The lowest BCUT2D eigenvalue weighted by Gasteiger charge is -2.15. The van der Waals surface area contributed by atoms with E-state index in [0.29, 0.717) is 6.54 Å². The minimum atomic E-state index is -0.0129. The van der Waals surface area contributed by atoms with Crippen LogP contribution in [0.15, 0.2) is 6.07 Å². The van der Waals surface area contributed by atoms with Crippen LogP contribution >= 0.6 is 11.6 Å². The molecule has 0 heterocycles. The van der Waals surface area contributed by atoms with E-state index in [1.165, 1.54) is 0 Å². The first-order chi connectivity index (χ1) is 7.61. The third-order valence-corrected chi connectivity index (χ3v) is 3.24. The van der Waals surface area contributed by atoms with Crippen molar-refractivity contribution in [3.63, 3.8) is 0 Å². The van der Waals surface area contributed by atoms with Gasteiger partial charge >= 0.3 is 0 Å². The van der Waals surface area contributed by atoms with Gasteiger partial charge in [-0.15, -0.1) is 0 Å². The van der Waals surface area contributed by atoms with Gasteiger partial charge in [-0.05, 0) is 43.0 Å². The van der Waals surface area contributed by atoms with E-state index in [0.717, 1.165) is 33.9 Å². The van der Waals surface area contributed by atoms with Gasteiger partial charge in [-0.1, -0.05) is 11.6 Å². The number of halogens is 1. The van der Waals surface area contributed by atoms with Crippen molar-refractivity contribution in [1.82, 2.24) is 5.32 Å². The van der Waals surface area contributed by atoms with Gasteiger partial charge in [0.2, 0.25) is 0 Å². The fourth-order valence-electron chi connectivity index (χ4n) is 1.75. The largest absolute Gasteiger partial charge is 0.496 e. The molecule has 0 bridgehead atoms. The van der Waals surface area contributed by atoms with Gasteiger partial charge in [0.25, 0.3) is 0 Å². The SMILES string of the molecule is COc1cc(C)c(Cl)c(C)c1CCNCO. The van der Waals surface area contributed by atoms with E-state index in [1.807, 2.05) is 19.9 Å². The second-order valence-electron chi connectivity index (χ2n) is 3.72. The maximum absolute atomic E-state index is 8.67. The molecule has 1 rings (SSSR count). The average molecular weight is 244 g/mol. The van der Waals surface area contributed by atoms with Crippen molar-refractivity contribution < 1.29 is 9.84 Å². The van der Waals surface area contributed by atoms with Crippen LogP contribution in [0.25, 0.3) is 0 Å². The Labute approximate surface area is 101 Å². The second-order valence-corrected chi connectivity index (χ2v) is 4.10. The Hall–Kier alpha value is -0.770. The maximum atomic E-state index is 8.67. The monoisotopic (exact) mass is 243 g/mol. The highest BCUT2D eigenvalue weighted by molar-refractivity contribution is 6.32. The number of ether oxygens (including phenoxy) is 1. The molecule has 0 aliphatic heterocycles. The predicted molar refractivity (Wildman–Crippen MR) is 66.3 cm³/mol. The van der Waals surface area contributed by atoms with Crippen LogP contribution in [0, 0.1) is 13.8 Å². The van der Waals surface area contributed by atoms with Crippen molar-refractivity contribution in [2.45, 2.75) is 20.3 Å². The molecule has 0 spiro atoms. The summed E-state index contributed by atoms with van der Waals surface area (Å²) in [7, 11) is 1.66. The van der Waals surface area contributed by atoms with Crippen LogP contribution in [0.5, 0.6) is 5.75 Å².